The van der Waals surface area contributed by atoms with Gasteiger partial charge in [0.2, 0.25) is 5.91 Å². The first kappa shape index (κ1) is 23.4. The maximum absolute atomic E-state index is 12.1. The molecule has 1 aromatic heterocycles. The van der Waals surface area contributed by atoms with Gasteiger partial charge in [-0.25, -0.2) is 0 Å². The molecule has 2 fully saturated rings. The number of aryl methyl sites for hydroxylation is 1. The standard InChI is InChI=1S/C28H33N5O2/c1-3-33-26-18-23(35-17-16-32-14-12-31(2)13-15-32)10-11-24(26)25(19-29)27(33)20-6-8-22(9-7-20)30-28(34)21-4-5-21/h6-11,18,21H,3-5,12-17H2,1-2H3,(H,30,34). The summed E-state index contributed by atoms with van der Waals surface area (Å²) in [4.78, 5) is 16.9. The Kier molecular flexibility index (Phi) is 6.76. The molecule has 35 heavy (non-hydrogen) atoms. The predicted molar refractivity (Wildman–Crippen MR) is 139 cm³/mol. The van der Waals surface area contributed by atoms with Crippen LogP contribution in [0.1, 0.15) is 25.3 Å². The van der Waals surface area contributed by atoms with E-state index in [1.807, 2.05) is 36.4 Å². The third kappa shape index (κ3) is 5.04. The number of fused-ring (bicyclic) bond motifs is 1. The maximum Gasteiger partial charge on any atom is 0.227 e. The summed E-state index contributed by atoms with van der Waals surface area (Å²) < 4.78 is 8.30. The highest BCUT2D eigenvalue weighted by Crippen LogP contribution is 2.36. The molecule has 5 rings (SSSR count). The summed E-state index contributed by atoms with van der Waals surface area (Å²) in [5.41, 5.74) is 4.32. The number of hydrogen-bond donors (Lipinski definition) is 1. The fraction of sp³-hybridized carbons (Fsp3) is 0.429. The van der Waals surface area contributed by atoms with Crippen LogP contribution in [0.25, 0.3) is 22.2 Å². The maximum atomic E-state index is 12.1. The quantitative estimate of drug-likeness (QED) is 0.534. The number of nitrogens with zero attached hydrogens (tertiary/aromatic N) is 4. The van der Waals surface area contributed by atoms with Gasteiger partial charge in [0.25, 0.3) is 0 Å². The van der Waals surface area contributed by atoms with Gasteiger partial charge in [-0.1, -0.05) is 12.1 Å². The molecule has 3 aromatic rings. The second-order valence-corrected chi connectivity index (χ2v) is 9.59. The highest BCUT2D eigenvalue weighted by atomic mass is 16.5. The van der Waals surface area contributed by atoms with Crippen molar-refractivity contribution in [2.75, 3.05) is 51.7 Å². The summed E-state index contributed by atoms with van der Waals surface area (Å²) in [6.07, 6.45) is 1.96. The van der Waals surface area contributed by atoms with E-state index in [9.17, 15) is 10.1 Å². The van der Waals surface area contributed by atoms with E-state index in [2.05, 4.69) is 45.8 Å². The van der Waals surface area contributed by atoms with Gasteiger partial charge in [0.15, 0.2) is 0 Å². The molecule has 1 saturated heterocycles. The van der Waals surface area contributed by atoms with Crippen LogP contribution in [0, 0.1) is 17.2 Å². The van der Waals surface area contributed by atoms with Gasteiger partial charge in [-0.3, -0.25) is 9.69 Å². The Morgan fingerprint density at radius 1 is 1.11 bits per heavy atom. The van der Waals surface area contributed by atoms with E-state index in [4.69, 9.17) is 4.74 Å². The molecule has 7 nitrogen and oxygen atoms in total. The van der Waals surface area contributed by atoms with Crippen molar-refractivity contribution in [1.29, 1.82) is 5.26 Å². The molecule has 2 aliphatic rings. The number of ether oxygens (including phenoxy) is 1. The van der Waals surface area contributed by atoms with Crippen molar-refractivity contribution in [2.45, 2.75) is 26.3 Å². The number of hydrogen-bond acceptors (Lipinski definition) is 5. The van der Waals surface area contributed by atoms with E-state index in [-0.39, 0.29) is 11.8 Å². The lowest BCUT2D eigenvalue weighted by Crippen LogP contribution is -2.45. The number of carbonyl (C=O) groups is 1. The second-order valence-electron chi connectivity index (χ2n) is 9.59. The van der Waals surface area contributed by atoms with Crippen LogP contribution in [0.4, 0.5) is 5.69 Å². The molecule has 1 saturated carbocycles. The Morgan fingerprint density at radius 2 is 1.86 bits per heavy atom. The van der Waals surface area contributed by atoms with E-state index in [0.717, 1.165) is 85.7 Å². The average molecular weight is 472 g/mol. The number of benzene rings is 2. The molecule has 2 aromatic carbocycles. The molecule has 0 bridgehead atoms. The molecule has 0 unspecified atom stereocenters. The van der Waals surface area contributed by atoms with Gasteiger partial charge in [-0.05, 0) is 56.6 Å². The Balaban J connectivity index is 1.36. The first-order valence-corrected chi connectivity index (χ1v) is 12.6. The number of anilines is 1. The molecular formula is C28H33N5O2. The number of nitriles is 1. The molecule has 2 heterocycles. The van der Waals surface area contributed by atoms with Crippen LogP contribution in [0.5, 0.6) is 5.75 Å². The van der Waals surface area contributed by atoms with E-state index < -0.39 is 0 Å². The summed E-state index contributed by atoms with van der Waals surface area (Å²) in [6.45, 7) is 8.75. The molecule has 0 spiro atoms. The average Bonchev–Trinajstić information content (AvgIpc) is 3.68. The third-order valence-corrected chi connectivity index (χ3v) is 7.11. The highest BCUT2D eigenvalue weighted by Gasteiger charge is 2.29. The van der Waals surface area contributed by atoms with Crippen LogP contribution in [0.3, 0.4) is 0 Å². The van der Waals surface area contributed by atoms with E-state index in [0.29, 0.717) is 12.2 Å². The van der Waals surface area contributed by atoms with Gasteiger partial charge in [-0.2, -0.15) is 5.26 Å². The molecule has 1 amide bonds. The van der Waals surface area contributed by atoms with Crippen molar-refractivity contribution in [3.05, 3.63) is 48.0 Å². The molecule has 1 aliphatic heterocycles. The van der Waals surface area contributed by atoms with E-state index in [1.165, 1.54) is 0 Å². The highest BCUT2D eigenvalue weighted by molar-refractivity contribution is 5.96. The van der Waals surface area contributed by atoms with Gasteiger partial charge in [-0.15, -0.1) is 0 Å². The molecule has 0 radical (unpaired) electrons. The van der Waals surface area contributed by atoms with Crippen molar-refractivity contribution in [3.63, 3.8) is 0 Å². The minimum Gasteiger partial charge on any atom is -0.492 e. The zero-order valence-corrected chi connectivity index (χ0v) is 20.6. The van der Waals surface area contributed by atoms with Gasteiger partial charge in [0.05, 0.1) is 16.8 Å². The summed E-state index contributed by atoms with van der Waals surface area (Å²) in [5, 5.41) is 14.0. The van der Waals surface area contributed by atoms with Crippen LogP contribution in [0.2, 0.25) is 0 Å². The normalized spacial score (nSPS) is 16.8. The van der Waals surface area contributed by atoms with Gasteiger partial charge >= 0.3 is 0 Å². The van der Waals surface area contributed by atoms with Gasteiger partial charge in [0, 0.05) is 62.3 Å². The Morgan fingerprint density at radius 3 is 2.51 bits per heavy atom. The summed E-state index contributed by atoms with van der Waals surface area (Å²) in [7, 11) is 2.16. The number of nitrogens with one attached hydrogen (secondary N) is 1. The fourth-order valence-electron chi connectivity index (χ4n) is 4.83. The van der Waals surface area contributed by atoms with Crippen molar-refractivity contribution in [3.8, 4) is 23.1 Å². The van der Waals surface area contributed by atoms with E-state index >= 15 is 0 Å². The third-order valence-electron chi connectivity index (χ3n) is 7.11. The lowest BCUT2D eigenvalue weighted by Gasteiger charge is -2.32. The zero-order chi connectivity index (χ0) is 24.4. The fourth-order valence-corrected chi connectivity index (χ4v) is 4.83. The molecule has 1 aliphatic carbocycles. The molecule has 1 N–H and O–H groups in total. The van der Waals surface area contributed by atoms with Crippen LogP contribution < -0.4 is 10.1 Å². The number of rotatable bonds is 8. The largest absolute Gasteiger partial charge is 0.492 e. The number of amides is 1. The van der Waals surface area contributed by atoms with E-state index in [1.54, 1.807) is 0 Å². The lowest BCUT2D eigenvalue weighted by molar-refractivity contribution is -0.117. The second kappa shape index (κ2) is 10.1. The van der Waals surface area contributed by atoms with Crippen LogP contribution in [-0.4, -0.2) is 66.7 Å². The van der Waals surface area contributed by atoms with Gasteiger partial charge in [0.1, 0.15) is 18.4 Å². The van der Waals surface area contributed by atoms with Crippen molar-refractivity contribution < 1.29 is 9.53 Å². The summed E-state index contributed by atoms with van der Waals surface area (Å²) in [5.74, 6) is 1.09. The zero-order valence-electron chi connectivity index (χ0n) is 20.6. The number of aromatic nitrogens is 1. The minimum atomic E-state index is 0.0956. The predicted octanol–water partition coefficient (Wildman–Crippen LogP) is 4.17. The molecule has 182 valence electrons. The van der Waals surface area contributed by atoms with Gasteiger partial charge < -0.3 is 19.5 Å². The van der Waals surface area contributed by atoms with Crippen LogP contribution >= 0.6 is 0 Å². The summed E-state index contributed by atoms with van der Waals surface area (Å²) in [6, 6.07) is 16.2. The van der Waals surface area contributed by atoms with Crippen molar-refractivity contribution in [1.82, 2.24) is 14.4 Å². The summed E-state index contributed by atoms with van der Waals surface area (Å²) >= 11 is 0. The van der Waals surface area contributed by atoms with Crippen LogP contribution in [-0.2, 0) is 11.3 Å². The lowest BCUT2D eigenvalue weighted by atomic mass is 10.1. The molecular weight excluding hydrogens is 438 g/mol. The number of carbonyl (C=O) groups excluding carboxylic acids is 1. The SMILES string of the molecule is CCn1c(-c2ccc(NC(=O)C3CC3)cc2)c(C#N)c2ccc(OCCN3CCN(C)CC3)cc21. The monoisotopic (exact) mass is 471 g/mol. The topological polar surface area (TPSA) is 73.5 Å². The Hall–Kier alpha value is -3.34. The number of likely N-dealkylation sites (N-methyl/N-ethyl adjacent to an activating group) is 1. The first-order valence-electron chi connectivity index (χ1n) is 12.6. The Labute approximate surface area is 206 Å². The molecule has 7 heteroatoms. The molecule has 0 atom stereocenters. The smallest absolute Gasteiger partial charge is 0.227 e. The minimum absolute atomic E-state index is 0.0956. The Bertz CT molecular complexity index is 1250. The van der Waals surface area contributed by atoms with Crippen molar-refractivity contribution >= 4 is 22.5 Å². The first-order chi connectivity index (χ1) is 17.1. The number of piperazine rings is 1. The van der Waals surface area contributed by atoms with Crippen molar-refractivity contribution in [2.24, 2.45) is 5.92 Å². The van der Waals surface area contributed by atoms with Crippen LogP contribution in [0.15, 0.2) is 42.5 Å².